The molecule has 3 amide bonds. The molecular weight excluding hydrogens is 200 g/mol. The second-order valence-corrected chi connectivity index (χ2v) is 3.51. The lowest BCUT2D eigenvalue weighted by molar-refractivity contribution is -0.144. The van der Waals surface area contributed by atoms with Gasteiger partial charge in [-0.05, 0) is 19.3 Å². The van der Waals surface area contributed by atoms with E-state index in [0.717, 1.165) is 17.7 Å². The molecule has 0 bridgehead atoms. The zero-order chi connectivity index (χ0) is 11.4. The Hall–Kier alpha value is -1.59. The van der Waals surface area contributed by atoms with Gasteiger partial charge in [0.05, 0.1) is 0 Å². The molecule has 1 aliphatic heterocycles. The molecule has 1 atom stereocenters. The minimum atomic E-state index is -1.24. The van der Waals surface area contributed by atoms with Crippen molar-refractivity contribution in [3.05, 3.63) is 0 Å². The van der Waals surface area contributed by atoms with E-state index >= 15 is 0 Å². The van der Waals surface area contributed by atoms with E-state index < -0.39 is 18.0 Å². The van der Waals surface area contributed by atoms with Crippen molar-refractivity contribution >= 4 is 17.9 Å². The fourth-order valence-corrected chi connectivity index (χ4v) is 1.64. The summed E-state index contributed by atoms with van der Waals surface area (Å²) in [6.45, 7) is 1.69. The van der Waals surface area contributed by atoms with E-state index in [-0.39, 0.29) is 5.91 Å². The van der Waals surface area contributed by atoms with Crippen LogP contribution in [0.4, 0.5) is 4.79 Å². The first kappa shape index (κ1) is 11.5. The summed E-state index contributed by atoms with van der Waals surface area (Å²) in [6.07, 6.45) is 0.678. The fraction of sp³-hybridized carbons (Fsp3) is 0.667. The standard InChI is InChI=1S/C9H14N2O4/c1-6(12)11-5-3-2-4-7(8(11)13)10-9(14)15/h7,10H,2-5H2,1H3,(H,14,15)/t7-/m0/s1. The predicted octanol–water partition coefficient (Wildman–Crippen LogP) is 0.182. The van der Waals surface area contributed by atoms with Crippen molar-refractivity contribution in [2.75, 3.05) is 6.54 Å². The quantitative estimate of drug-likeness (QED) is 0.652. The summed E-state index contributed by atoms with van der Waals surface area (Å²) < 4.78 is 0. The number of carbonyl (C=O) groups excluding carboxylic acids is 2. The lowest BCUT2D eigenvalue weighted by Gasteiger charge is -2.20. The van der Waals surface area contributed by atoms with E-state index in [1.165, 1.54) is 6.92 Å². The Kier molecular flexibility index (Phi) is 3.65. The maximum atomic E-state index is 11.7. The van der Waals surface area contributed by atoms with Gasteiger partial charge in [-0.2, -0.15) is 0 Å². The highest BCUT2D eigenvalue weighted by Gasteiger charge is 2.30. The normalized spacial score (nSPS) is 22.1. The molecule has 0 spiro atoms. The van der Waals surface area contributed by atoms with Crippen LogP contribution in [0.5, 0.6) is 0 Å². The summed E-state index contributed by atoms with van der Waals surface area (Å²) in [6, 6.07) is -0.783. The highest BCUT2D eigenvalue weighted by atomic mass is 16.4. The summed E-state index contributed by atoms with van der Waals surface area (Å²) in [7, 11) is 0. The number of nitrogens with one attached hydrogen (secondary N) is 1. The summed E-state index contributed by atoms with van der Waals surface area (Å²) in [4.78, 5) is 34.4. The zero-order valence-corrected chi connectivity index (χ0v) is 8.52. The molecule has 2 N–H and O–H groups in total. The molecule has 0 aliphatic carbocycles. The summed E-state index contributed by atoms with van der Waals surface area (Å²) >= 11 is 0. The fourth-order valence-electron chi connectivity index (χ4n) is 1.64. The molecule has 0 saturated carbocycles. The van der Waals surface area contributed by atoms with Crippen LogP contribution >= 0.6 is 0 Å². The molecule has 84 valence electrons. The lowest BCUT2D eigenvalue weighted by Crippen LogP contribution is -2.48. The maximum absolute atomic E-state index is 11.7. The Morgan fingerprint density at radius 2 is 2.13 bits per heavy atom. The first-order valence-corrected chi connectivity index (χ1v) is 4.84. The minimum absolute atomic E-state index is 0.334. The maximum Gasteiger partial charge on any atom is 0.405 e. The van der Waals surface area contributed by atoms with Crippen molar-refractivity contribution in [3.8, 4) is 0 Å². The third-order valence-corrected chi connectivity index (χ3v) is 2.37. The van der Waals surface area contributed by atoms with Crippen LogP contribution in [0.25, 0.3) is 0 Å². The van der Waals surface area contributed by atoms with E-state index in [1.807, 2.05) is 0 Å². The van der Waals surface area contributed by atoms with Crippen molar-refractivity contribution < 1.29 is 19.5 Å². The molecule has 0 aromatic carbocycles. The Bertz CT molecular complexity index is 290. The average molecular weight is 214 g/mol. The number of nitrogens with zero attached hydrogens (tertiary/aromatic N) is 1. The van der Waals surface area contributed by atoms with Crippen LogP contribution in [0.1, 0.15) is 26.2 Å². The van der Waals surface area contributed by atoms with Crippen LogP contribution in [0.15, 0.2) is 0 Å². The molecule has 1 heterocycles. The highest BCUT2D eigenvalue weighted by Crippen LogP contribution is 2.12. The third kappa shape index (κ3) is 2.93. The van der Waals surface area contributed by atoms with Crippen LogP contribution in [0.3, 0.4) is 0 Å². The monoisotopic (exact) mass is 214 g/mol. The van der Waals surface area contributed by atoms with Gasteiger partial charge < -0.3 is 10.4 Å². The van der Waals surface area contributed by atoms with Crippen LogP contribution in [-0.2, 0) is 9.59 Å². The molecule has 15 heavy (non-hydrogen) atoms. The number of amides is 3. The van der Waals surface area contributed by atoms with Crippen molar-refractivity contribution in [1.82, 2.24) is 10.2 Å². The molecule has 1 saturated heterocycles. The molecule has 0 aromatic rings. The number of carbonyl (C=O) groups is 3. The molecule has 0 radical (unpaired) electrons. The van der Waals surface area contributed by atoms with Gasteiger partial charge in [0, 0.05) is 13.5 Å². The number of rotatable bonds is 1. The summed E-state index contributed by atoms with van der Waals surface area (Å²) in [5.74, 6) is -0.776. The molecule has 1 aliphatic rings. The topological polar surface area (TPSA) is 86.7 Å². The van der Waals surface area contributed by atoms with Gasteiger partial charge in [0.25, 0.3) is 5.91 Å². The number of likely N-dealkylation sites (tertiary alicyclic amines) is 1. The number of imide groups is 1. The van der Waals surface area contributed by atoms with Gasteiger partial charge in [-0.15, -0.1) is 0 Å². The smallest absolute Gasteiger partial charge is 0.405 e. The Labute approximate surface area is 87.2 Å². The van der Waals surface area contributed by atoms with Crippen molar-refractivity contribution in [2.24, 2.45) is 0 Å². The van der Waals surface area contributed by atoms with Crippen molar-refractivity contribution in [3.63, 3.8) is 0 Å². The number of hydrogen-bond donors (Lipinski definition) is 2. The van der Waals surface area contributed by atoms with E-state index in [2.05, 4.69) is 5.32 Å². The van der Waals surface area contributed by atoms with Gasteiger partial charge in [-0.25, -0.2) is 4.79 Å². The SMILES string of the molecule is CC(=O)N1CCCC[C@H](NC(=O)O)C1=O. The van der Waals surface area contributed by atoms with Crippen LogP contribution in [0.2, 0.25) is 0 Å². The van der Waals surface area contributed by atoms with Gasteiger partial charge in [0.1, 0.15) is 6.04 Å². The van der Waals surface area contributed by atoms with E-state index in [1.54, 1.807) is 0 Å². The summed E-state index contributed by atoms with van der Waals surface area (Å²) in [5.41, 5.74) is 0. The van der Waals surface area contributed by atoms with Crippen molar-refractivity contribution in [2.45, 2.75) is 32.2 Å². The molecule has 6 nitrogen and oxygen atoms in total. The zero-order valence-electron chi connectivity index (χ0n) is 8.52. The first-order chi connectivity index (χ1) is 7.02. The van der Waals surface area contributed by atoms with Crippen LogP contribution in [0, 0.1) is 0 Å². The van der Waals surface area contributed by atoms with Crippen molar-refractivity contribution in [1.29, 1.82) is 0 Å². The van der Waals surface area contributed by atoms with Gasteiger partial charge in [0.15, 0.2) is 0 Å². The Morgan fingerprint density at radius 3 is 2.67 bits per heavy atom. The number of hydrogen-bond acceptors (Lipinski definition) is 3. The second kappa shape index (κ2) is 4.77. The molecule has 1 fully saturated rings. The third-order valence-electron chi connectivity index (χ3n) is 2.37. The molecule has 6 heteroatoms. The molecule has 1 rings (SSSR count). The Balaban J connectivity index is 2.74. The molecular formula is C9H14N2O4. The molecule has 0 aromatic heterocycles. The minimum Gasteiger partial charge on any atom is -0.465 e. The second-order valence-electron chi connectivity index (χ2n) is 3.51. The Morgan fingerprint density at radius 1 is 1.47 bits per heavy atom. The van der Waals surface area contributed by atoms with E-state index in [9.17, 15) is 14.4 Å². The predicted molar refractivity (Wildman–Crippen MR) is 51.2 cm³/mol. The van der Waals surface area contributed by atoms with Crippen LogP contribution < -0.4 is 5.32 Å². The van der Waals surface area contributed by atoms with E-state index in [0.29, 0.717) is 13.0 Å². The van der Waals surface area contributed by atoms with E-state index in [4.69, 9.17) is 5.11 Å². The summed E-state index contributed by atoms with van der Waals surface area (Å²) in [5, 5.41) is 10.7. The van der Waals surface area contributed by atoms with Gasteiger partial charge in [-0.1, -0.05) is 0 Å². The first-order valence-electron chi connectivity index (χ1n) is 4.84. The van der Waals surface area contributed by atoms with Gasteiger partial charge in [0.2, 0.25) is 5.91 Å². The van der Waals surface area contributed by atoms with Gasteiger partial charge in [-0.3, -0.25) is 14.5 Å². The average Bonchev–Trinajstić information content (AvgIpc) is 2.29. The lowest BCUT2D eigenvalue weighted by atomic mass is 10.1. The van der Waals surface area contributed by atoms with Gasteiger partial charge >= 0.3 is 6.09 Å². The molecule has 0 unspecified atom stereocenters. The largest absolute Gasteiger partial charge is 0.465 e. The highest BCUT2D eigenvalue weighted by molar-refractivity contribution is 5.98. The van der Waals surface area contributed by atoms with Crippen LogP contribution in [-0.4, -0.2) is 40.5 Å². The number of carboxylic acid groups (broad SMARTS) is 1.